The van der Waals surface area contributed by atoms with E-state index in [1.165, 1.54) is 5.56 Å². The predicted molar refractivity (Wildman–Crippen MR) is 78.7 cm³/mol. The number of rotatable bonds is 5. The lowest BCUT2D eigenvalue weighted by molar-refractivity contribution is 0.303. The van der Waals surface area contributed by atoms with Crippen molar-refractivity contribution < 1.29 is 4.74 Å². The topological polar surface area (TPSA) is 57.9 Å². The Hall–Kier alpha value is -2.54. The maximum atomic E-state index is 8.84. The van der Waals surface area contributed by atoms with Gasteiger partial charge < -0.3 is 10.1 Å². The molecule has 0 aliphatic heterocycles. The Morgan fingerprint density at radius 2 is 2.05 bits per heavy atom. The van der Waals surface area contributed by atoms with Crippen molar-refractivity contribution in [3.63, 3.8) is 0 Å². The highest BCUT2D eigenvalue weighted by Crippen LogP contribution is 2.12. The number of hydrogen-bond acceptors (Lipinski definition) is 4. The first-order valence-electron chi connectivity index (χ1n) is 6.49. The zero-order valence-corrected chi connectivity index (χ0v) is 11.6. The van der Waals surface area contributed by atoms with Crippen LogP contribution in [0.1, 0.15) is 18.1 Å². The van der Waals surface area contributed by atoms with Crippen LogP contribution in [-0.4, -0.2) is 17.6 Å². The summed E-state index contributed by atoms with van der Waals surface area (Å²) in [5.41, 5.74) is 1.80. The van der Waals surface area contributed by atoms with E-state index in [1.807, 2.05) is 38.1 Å². The molecule has 102 valence electrons. The van der Waals surface area contributed by atoms with Gasteiger partial charge in [0.1, 0.15) is 18.2 Å². The lowest BCUT2D eigenvalue weighted by Crippen LogP contribution is -2.24. The highest BCUT2D eigenvalue weighted by Gasteiger charge is 2.05. The van der Waals surface area contributed by atoms with Crippen LogP contribution < -0.4 is 10.1 Å². The van der Waals surface area contributed by atoms with E-state index in [1.54, 1.807) is 18.3 Å². The third-order valence-corrected chi connectivity index (χ3v) is 2.80. The number of nitrogens with zero attached hydrogens (tertiary/aromatic N) is 2. The van der Waals surface area contributed by atoms with Gasteiger partial charge in [0.2, 0.25) is 0 Å². The Bertz CT molecular complexity index is 602. The second kappa shape index (κ2) is 6.58. The van der Waals surface area contributed by atoms with Gasteiger partial charge in [0.15, 0.2) is 0 Å². The van der Waals surface area contributed by atoms with Gasteiger partial charge in [-0.05, 0) is 38.1 Å². The average molecular weight is 267 g/mol. The fourth-order valence-electron chi connectivity index (χ4n) is 1.73. The molecule has 0 fully saturated rings. The predicted octanol–water partition coefficient (Wildman–Crippen LogP) is 3.14. The molecule has 1 unspecified atom stereocenters. The van der Waals surface area contributed by atoms with Crippen LogP contribution in [0.25, 0.3) is 0 Å². The van der Waals surface area contributed by atoms with E-state index < -0.39 is 0 Å². The molecule has 0 saturated carbocycles. The summed E-state index contributed by atoms with van der Waals surface area (Å²) < 4.78 is 5.70. The summed E-state index contributed by atoms with van der Waals surface area (Å²) in [4.78, 5) is 4.18. The summed E-state index contributed by atoms with van der Waals surface area (Å²) in [5, 5.41) is 12.1. The van der Waals surface area contributed by atoms with Gasteiger partial charge in [-0.25, -0.2) is 4.98 Å². The number of anilines is 1. The molecule has 0 aliphatic rings. The Morgan fingerprint density at radius 3 is 2.75 bits per heavy atom. The summed E-state index contributed by atoms with van der Waals surface area (Å²) in [6, 6.07) is 13.5. The Labute approximate surface area is 119 Å². The summed E-state index contributed by atoms with van der Waals surface area (Å²) in [6.07, 6.45) is 1.62. The zero-order chi connectivity index (χ0) is 14.4. The van der Waals surface area contributed by atoms with Gasteiger partial charge in [0.25, 0.3) is 0 Å². The number of benzene rings is 1. The van der Waals surface area contributed by atoms with Crippen molar-refractivity contribution in [1.82, 2.24) is 4.98 Å². The second-order valence-corrected chi connectivity index (χ2v) is 4.71. The van der Waals surface area contributed by atoms with Gasteiger partial charge in [0, 0.05) is 6.20 Å². The van der Waals surface area contributed by atoms with Crippen molar-refractivity contribution in [2.75, 3.05) is 11.9 Å². The molecule has 0 amide bonds. The van der Waals surface area contributed by atoms with E-state index in [9.17, 15) is 0 Å². The summed E-state index contributed by atoms with van der Waals surface area (Å²) >= 11 is 0. The quantitative estimate of drug-likeness (QED) is 0.904. The smallest absolute Gasteiger partial charge is 0.127 e. The van der Waals surface area contributed by atoms with Crippen molar-refractivity contribution >= 4 is 5.82 Å². The van der Waals surface area contributed by atoms with E-state index in [4.69, 9.17) is 10.00 Å². The first kappa shape index (κ1) is 13.9. The van der Waals surface area contributed by atoms with Crippen molar-refractivity contribution in [2.45, 2.75) is 19.9 Å². The normalized spacial score (nSPS) is 11.4. The van der Waals surface area contributed by atoms with E-state index in [2.05, 4.69) is 16.4 Å². The van der Waals surface area contributed by atoms with Gasteiger partial charge in [-0.1, -0.05) is 17.7 Å². The van der Waals surface area contributed by atoms with Crippen molar-refractivity contribution in [3.8, 4) is 11.8 Å². The minimum absolute atomic E-state index is 0.0951. The molecule has 1 aromatic carbocycles. The number of hydrogen-bond donors (Lipinski definition) is 1. The zero-order valence-electron chi connectivity index (χ0n) is 11.6. The fourth-order valence-corrected chi connectivity index (χ4v) is 1.73. The summed E-state index contributed by atoms with van der Waals surface area (Å²) in [5.74, 6) is 1.53. The third kappa shape index (κ3) is 3.99. The van der Waals surface area contributed by atoms with Crippen LogP contribution in [0.4, 0.5) is 5.82 Å². The molecule has 1 aromatic heterocycles. The van der Waals surface area contributed by atoms with E-state index in [0.29, 0.717) is 18.0 Å². The molecule has 4 heteroatoms. The molecule has 20 heavy (non-hydrogen) atoms. The van der Waals surface area contributed by atoms with Crippen LogP contribution in [0.15, 0.2) is 42.6 Å². The van der Waals surface area contributed by atoms with E-state index >= 15 is 0 Å². The summed E-state index contributed by atoms with van der Waals surface area (Å²) in [7, 11) is 0. The van der Waals surface area contributed by atoms with Crippen LogP contribution in [0.3, 0.4) is 0 Å². The molecule has 0 aliphatic carbocycles. The fraction of sp³-hybridized carbons (Fsp3) is 0.250. The highest BCUT2D eigenvalue weighted by atomic mass is 16.5. The van der Waals surface area contributed by atoms with Gasteiger partial charge in [-0.2, -0.15) is 5.26 Å². The van der Waals surface area contributed by atoms with Crippen LogP contribution in [0.2, 0.25) is 0 Å². The van der Waals surface area contributed by atoms with Crippen molar-refractivity contribution in [3.05, 3.63) is 53.7 Å². The SMILES string of the molecule is Cc1ccc(OCC(C)Nc2cc(C#N)ccn2)cc1. The molecule has 1 heterocycles. The van der Waals surface area contributed by atoms with Crippen LogP contribution in [-0.2, 0) is 0 Å². The lowest BCUT2D eigenvalue weighted by Gasteiger charge is -2.15. The lowest BCUT2D eigenvalue weighted by atomic mass is 10.2. The standard InChI is InChI=1S/C16H17N3O/c1-12-3-5-15(6-4-12)20-11-13(2)19-16-9-14(10-17)7-8-18-16/h3-9,13H,11H2,1-2H3,(H,18,19). The molecule has 0 bridgehead atoms. The molecular weight excluding hydrogens is 250 g/mol. The number of nitriles is 1. The van der Waals surface area contributed by atoms with Gasteiger partial charge in [-0.15, -0.1) is 0 Å². The molecule has 4 nitrogen and oxygen atoms in total. The molecule has 0 saturated heterocycles. The Balaban J connectivity index is 1.87. The average Bonchev–Trinajstić information content (AvgIpc) is 2.47. The van der Waals surface area contributed by atoms with Crippen LogP contribution >= 0.6 is 0 Å². The largest absolute Gasteiger partial charge is 0.491 e. The van der Waals surface area contributed by atoms with Gasteiger partial charge in [-0.3, -0.25) is 0 Å². The molecule has 0 radical (unpaired) electrons. The number of nitrogens with one attached hydrogen (secondary N) is 1. The number of aryl methyl sites for hydroxylation is 1. The first-order valence-corrected chi connectivity index (χ1v) is 6.49. The molecule has 1 atom stereocenters. The van der Waals surface area contributed by atoms with E-state index in [0.717, 1.165) is 5.75 Å². The Morgan fingerprint density at radius 1 is 1.30 bits per heavy atom. The van der Waals surface area contributed by atoms with E-state index in [-0.39, 0.29) is 6.04 Å². The first-order chi connectivity index (χ1) is 9.67. The van der Waals surface area contributed by atoms with Crippen molar-refractivity contribution in [2.24, 2.45) is 0 Å². The van der Waals surface area contributed by atoms with Crippen molar-refractivity contribution in [1.29, 1.82) is 5.26 Å². The molecule has 0 spiro atoms. The van der Waals surface area contributed by atoms with Gasteiger partial charge >= 0.3 is 0 Å². The summed E-state index contributed by atoms with van der Waals surface area (Å²) in [6.45, 7) is 4.58. The van der Waals surface area contributed by atoms with Gasteiger partial charge in [0.05, 0.1) is 17.7 Å². The third-order valence-electron chi connectivity index (χ3n) is 2.80. The highest BCUT2D eigenvalue weighted by molar-refractivity contribution is 5.42. The monoisotopic (exact) mass is 267 g/mol. The molecule has 2 rings (SSSR count). The second-order valence-electron chi connectivity index (χ2n) is 4.71. The molecular formula is C16H17N3O. The molecule has 1 N–H and O–H groups in total. The minimum Gasteiger partial charge on any atom is -0.491 e. The maximum absolute atomic E-state index is 8.84. The number of aromatic nitrogens is 1. The van der Waals surface area contributed by atoms with Crippen LogP contribution in [0.5, 0.6) is 5.75 Å². The van der Waals surface area contributed by atoms with Crippen LogP contribution in [0, 0.1) is 18.3 Å². The number of ether oxygens (including phenoxy) is 1. The minimum atomic E-state index is 0.0951. The number of pyridine rings is 1. The maximum Gasteiger partial charge on any atom is 0.127 e. The molecule has 2 aromatic rings. The Kier molecular flexibility index (Phi) is 4.56.